The summed E-state index contributed by atoms with van der Waals surface area (Å²) in [5, 5.41) is 1.07. The summed E-state index contributed by atoms with van der Waals surface area (Å²) >= 11 is 0. The van der Waals surface area contributed by atoms with Crippen LogP contribution in [0.25, 0.3) is 10.9 Å². The van der Waals surface area contributed by atoms with Gasteiger partial charge < -0.3 is 14.8 Å². The van der Waals surface area contributed by atoms with Crippen LogP contribution >= 0.6 is 0 Å². The predicted octanol–water partition coefficient (Wildman–Crippen LogP) is 3.65. The molecule has 0 unspecified atom stereocenters. The Morgan fingerprint density at radius 2 is 1.91 bits per heavy atom. The van der Waals surface area contributed by atoms with Crippen molar-refractivity contribution >= 4 is 28.2 Å². The minimum atomic E-state index is 0.0660. The molecule has 0 aliphatic carbocycles. The summed E-state index contributed by atoms with van der Waals surface area (Å²) in [5.41, 5.74) is 3.92. The number of anilines is 2. The first-order chi connectivity index (χ1) is 11.3. The Bertz CT molecular complexity index is 868. The first-order valence-corrected chi connectivity index (χ1v) is 8.01. The fourth-order valence-corrected chi connectivity index (χ4v) is 3.30. The van der Waals surface area contributed by atoms with Crippen LogP contribution in [-0.4, -0.2) is 30.5 Å². The Kier molecular flexibility index (Phi) is 3.30. The van der Waals surface area contributed by atoms with Gasteiger partial charge in [-0.2, -0.15) is 0 Å². The Labute approximate surface area is 135 Å². The van der Waals surface area contributed by atoms with Crippen molar-refractivity contribution in [2.45, 2.75) is 6.92 Å². The van der Waals surface area contributed by atoms with Crippen LogP contribution in [0.4, 0.5) is 11.4 Å². The van der Waals surface area contributed by atoms with Gasteiger partial charge in [0.2, 0.25) is 0 Å². The van der Waals surface area contributed by atoms with Crippen LogP contribution in [0.3, 0.4) is 0 Å². The monoisotopic (exact) mass is 305 g/mol. The van der Waals surface area contributed by atoms with Crippen molar-refractivity contribution in [2.24, 2.45) is 0 Å². The summed E-state index contributed by atoms with van der Waals surface area (Å²) in [6.45, 7) is 4.68. The molecule has 1 aliphatic rings. The van der Waals surface area contributed by atoms with Crippen molar-refractivity contribution in [1.29, 1.82) is 0 Å². The van der Waals surface area contributed by atoms with E-state index >= 15 is 0 Å². The first-order valence-electron chi connectivity index (χ1n) is 8.01. The Morgan fingerprint density at radius 1 is 1.09 bits per heavy atom. The van der Waals surface area contributed by atoms with Crippen molar-refractivity contribution in [3.8, 4) is 0 Å². The highest BCUT2D eigenvalue weighted by atomic mass is 16.2. The smallest absolute Gasteiger partial charge is 0.258 e. The average molecular weight is 305 g/mol. The van der Waals surface area contributed by atoms with E-state index in [2.05, 4.69) is 22.9 Å². The van der Waals surface area contributed by atoms with Crippen LogP contribution in [0.2, 0.25) is 0 Å². The molecule has 0 fully saturated rings. The molecule has 1 aliphatic heterocycles. The molecule has 4 rings (SSSR count). The van der Waals surface area contributed by atoms with Gasteiger partial charge in [-0.3, -0.25) is 4.79 Å². The molecule has 2 heterocycles. The van der Waals surface area contributed by atoms with E-state index in [1.54, 1.807) is 0 Å². The van der Waals surface area contributed by atoms with Crippen molar-refractivity contribution in [3.63, 3.8) is 0 Å². The molecule has 4 heteroatoms. The van der Waals surface area contributed by atoms with Gasteiger partial charge in [-0.25, -0.2) is 0 Å². The zero-order valence-corrected chi connectivity index (χ0v) is 13.1. The zero-order chi connectivity index (χ0) is 15.8. The molecule has 0 saturated carbocycles. The largest absolute Gasteiger partial charge is 0.368 e. The van der Waals surface area contributed by atoms with Crippen molar-refractivity contribution in [2.75, 3.05) is 29.4 Å². The molecule has 2 aromatic carbocycles. The fourth-order valence-electron chi connectivity index (χ4n) is 3.30. The third-order valence-corrected chi connectivity index (χ3v) is 4.53. The van der Waals surface area contributed by atoms with E-state index in [1.807, 2.05) is 53.6 Å². The quantitative estimate of drug-likeness (QED) is 0.785. The molecule has 116 valence electrons. The standard InChI is InChI=1S/C19H19N3O/c1-2-21-11-12-22(18-6-4-3-5-17(18)21)19(23)15-7-8-16-14(13-15)9-10-20-16/h3-10,13,20H,2,11-12H2,1H3. The van der Waals surface area contributed by atoms with Crippen LogP contribution in [0, 0.1) is 0 Å². The summed E-state index contributed by atoms with van der Waals surface area (Å²) in [4.78, 5) is 20.4. The SMILES string of the molecule is CCN1CCN(C(=O)c2ccc3[nH]ccc3c2)c2ccccc21. The molecule has 0 saturated heterocycles. The second-order valence-electron chi connectivity index (χ2n) is 5.80. The number of carbonyl (C=O) groups is 1. The van der Waals surface area contributed by atoms with Gasteiger partial charge in [-0.1, -0.05) is 12.1 Å². The normalized spacial score (nSPS) is 14.1. The molecular weight excluding hydrogens is 286 g/mol. The number of para-hydroxylation sites is 2. The highest BCUT2D eigenvalue weighted by Crippen LogP contribution is 2.33. The second-order valence-corrected chi connectivity index (χ2v) is 5.80. The lowest BCUT2D eigenvalue weighted by Gasteiger charge is -2.37. The van der Waals surface area contributed by atoms with E-state index in [0.717, 1.165) is 47.5 Å². The van der Waals surface area contributed by atoms with Crippen molar-refractivity contribution < 1.29 is 4.79 Å². The molecular formula is C19H19N3O. The van der Waals surface area contributed by atoms with Gasteiger partial charge in [0.1, 0.15) is 0 Å². The van der Waals surface area contributed by atoms with E-state index < -0.39 is 0 Å². The van der Waals surface area contributed by atoms with Crippen LogP contribution in [0.5, 0.6) is 0 Å². The lowest BCUT2D eigenvalue weighted by atomic mass is 10.1. The third kappa shape index (κ3) is 2.27. The molecule has 0 bridgehead atoms. The molecule has 0 radical (unpaired) electrons. The maximum atomic E-state index is 13.0. The van der Waals surface area contributed by atoms with Crippen LogP contribution in [0.1, 0.15) is 17.3 Å². The number of aromatic nitrogens is 1. The van der Waals surface area contributed by atoms with Gasteiger partial charge in [0.15, 0.2) is 0 Å². The molecule has 0 atom stereocenters. The van der Waals surface area contributed by atoms with Gasteiger partial charge in [0.25, 0.3) is 5.91 Å². The van der Waals surface area contributed by atoms with Crippen LogP contribution in [0.15, 0.2) is 54.7 Å². The van der Waals surface area contributed by atoms with Gasteiger partial charge in [-0.05, 0) is 43.3 Å². The number of aromatic amines is 1. The number of benzene rings is 2. The van der Waals surface area contributed by atoms with E-state index in [4.69, 9.17) is 0 Å². The molecule has 23 heavy (non-hydrogen) atoms. The molecule has 1 amide bonds. The van der Waals surface area contributed by atoms with E-state index in [0.29, 0.717) is 0 Å². The van der Waals surface area contributed by atoms with E-state index in [-0.39, 0.29) is 5.91 Å². The number of hydrogen-bond acceptors (Lipinski definition) is 2. The molecule has 0 spiro atoms. The van der Waals surface area contributed by atoms with Gasteiger partial charge in [0, 0.05) is 42.3 Å². The molecule has 1 N–H and O–H groups in total. The summed E-state index contributed by atoms with van der Waals surface area (Å²) in [7, 11) is 0. The number of rotatable bonds is 2. The summed E-state index contributed by atoms with van der Waals surface area (Å²) in [6.07, 6.45) is 1.90. The van der Waals surface area contributed by atoms with Crippen molar-refractivity contribution in [3.05, 3.63) is 60.3 Å². The van der Waals surface area contributed by atoms with Gasteiger partial charge >= 0.3 is 0 Å². The maximum Gasteiger partial charge on any atom is 0.258 e. The minimum absolute atomic E-state index is 0.0660. The Balaban J connectivity index is 1.73. The number of nitrogens with zero attached hydrogens (tertiary/aromatic N) is 2. The maximum absolute atomic E-state index is 13.0. The summed E-state index contributed by atoms with van der Waals surface area (Å²) < 4.78 is 0. The molecule has 1 aromatic heterocycles. The van der Waals surface area contributed by atoms with Gasteiger partial charge in [0.05, 0.1) is 11.4 Å². The number of fused-ring (bicyclic) bond motifs is 2. The number of nitrogens with one attached hydrogen (secondary N) is 1. The first kappa shape index (κ1) is 13.9. The lowest BCUT2D eigenvalue weighted by molar-refractivity contribution is 0.0987. The average Bonchev–Trinajstić information content (AvgIpc) is 3.08. The molecule has 4 nitrogen and oxygen atoms in total. The number of carbonyl (C=O) groups excluding carboxylic acids is 1. The van der Waals surface area contributed by atoms with Crippen molar-refractivity contribution in [1.82, 2.24) is 4.98 Å². The molecule has 3 aromatic rings. The van der Waals surface area contributed by atoms with Gasteiger partial charge in [-0.15, -0.1) is 0 Å². The van der Waals surface area contributed by atoms with E-state index in [1.165, 1.54) is 0 Å². The Hall–Kier alpha value is -2.75. The zero-order valence-electron chi connectivity index (χ0n) is 13.1. The van der Waals surface area contributed by atoms with Crippen LogP contribution in [-0.2, 0) is 0 Å². The Morgan fingerprint density at radius 3 is 2.74 bits per heavy atom. The number of amides is 1. The predicted molar refractivity (Wildman–Crippen MR) is 94.3 cm³/mol. The number of H-pyrrole nitrogens is 1. The minimum Gasteiger partial charge on any atom is -0.368 e. The third-order valence-electron chi connectivity index (χ3n) is 4.53. The lowest BCUT2D eigenvalue weighted by Crippen LogP contribution is -2.44. The topological polar surface area (TPSA) is 39.3 Å². The number of hydrogen-bond donors (Lipinski definition) is 1. The number of likely N-dealkylation sites (N-methyl/N-ethyl adjacent to an activating group) is 1. The van der Waals surface area contributed by atoms with Crippen LogP contribution < -0.4 is 9.80 Å². The highest BCUT2D eigenvalue weighted by Gasteiger charge is 2.26. The summed E-state index contributed by atoms with van der Waals surface area (Å²) in [6, 6.07) is 16.0. The fraction of sp³-hybridized carbons (Fsp3) is 0.211. The second kappa shape index (κ2) is 5.47. The van der Waals surface area contributed by atoms with E-state index in [9.17, 15) is 4.79 Å². The highest BCUT2D eigenvalue weighted by molar-refractivity contribution is 6.09. The summed E-state index contributed by atoms with van der Waals surface area (Å²) in [5.74, 6) is 0.0660.